The molecule has 61 heavy (non-hydrogen) atoms. The normalized spacial score (nSPS) is 23.9. The highest BCUT2D eigenvalue weighted by molar-refractivity contribution is 6.05. The van der Waals surface area contributed by atoms with E-state index in [1.807, 2.05) is 42.5 Å². The van der Waals surface area contributed by atoms with Crippen molar-refractivity contribution < 1.29 is 23.9 Å². The van der Waals surface area contributed by atoms with E-state index in [1.54, 1.807) is 17.2 Å². The fraction of sp³-hybridized carbons (Fsp3) is 0.458. The third-order valence-electron chi connectivity index (χ3n) is 14.1. The molecule has 0 unspecified atom stereocenters. The van der Waals surface area contributed by atoms with Gasteiger partial charge in [-0.2, -0.15) is 5.26 Å². The van der Waals surface area contributed by atoms with E-state index in [1.165, 1.54) is 0 Å². The van der Waals surface area contributed by atoms with E-state index < -0.39 is 6.04 Å². The smallest absolute Gasteiger partial charge is 0.255 e. The van der Waals surface area contributed by atoms with E-state index >= 15 is 0 Å². The van der Waals surface area contributed by atoms with Crippen LogP contribution >= 0.6 is 0 Å². The molecule has 13 nitrogen and oxygen atoms in total. The van der Waals surface area contributed by atoms with Gasteiger partial charge in [0.15, 0.2) is 0 Å². The molecule has 1 saturated carbocycles. The predicted octanol–water partition coefficient (Wildman–Crippen LogP) is 5.52. The number of hydrogen-bond donors (Lipinski definition) is 2. The van der Waals surface area contributed by atoms with E-state index in [9.17, 15) is 24.4 Å². The Bertz CT molecular complexity index is 2410. The van der Waals surface area contributed by atoms with Crippen LogP contribution in [0.4, 0.5) is 11.4 Å². The van der Waals surface area contributed by atoms with Crippen molar-refractivity contribution in [1.29, 1.82) is 5.26 Å². The highest BCUT2D eigenvalue weighted by Crippen LogP contribution is 2.56. The number of fused-ring (bicyclic) bond motifs is 2. The number of aromatic nitrogens is 1. The highest BCUT2D eigenvalue weighted by Gasteiger charge is 2.64. The van der Waals surface area contributed by atoms with Crippen molar-refractivity contribution in [3.05, 3.63) is 95.2 Å². The van der Waals surface area contributed by atoms with Crippen LogP contribution in [0.3, 0.4) is 0 Å². The van der Waals surface area contributed by atoms with Gasteiger partial charge in [0.25, 0.3) is 11.8 Å². The summed E-state index contributed by atoms with van der Waals surface area (Å²) in [5.74, 6) is 0.425. The van der Waals surface area contributed by atoms with Gasteiger partial charge in [-0.3, -0.25) is 34.4 Å². The molecule has 3 aromatic carbocycles. The maximum absolute atomic E-state index is 13.6. The Balaban J connectivity index is 0.733. The Morgan fingerprint density at radius 1 is 0.885 bits per heavy atom. The van der Waals surface area contributed by atoms with Crippen LogP contribution in [0.2, 0.25) is 0 Å². The number of anilines is 2. The first-order valence-electron chi connectivity index (χ1n) is 21.7. The first-order valence-corrected chi connectivity index (χ1v) is 21.7. The van der Waals surface area contributed by atoms with Crippen LogP contribution in [0.5, 0.6) is 5.75 Å². The summed E-state index contributed by atoms with van der Waals surface area (Å²) in [6.07, 6.45) is 4.36. The van der Waals surface area contributed by atoms with Crippen LogP contribution in [0.15, 0.2) is 72.9 Å². The summed E-state index contributed by atoms with van der Waals surface area (Å²) in [6, 6.07) is 22.9. The molecule has 9 rings (SSSR count). The van der Waals surface area contributed by atoms with Crippen LogP contribution in [0, 0.1) is 28.1 Å². The number of rotatable bonds is 9. The zero-order chi connectivity index (χ0) is 42.6. The van der Waals surface area contributed by atoms with Gasteiger partial charge in [-0.15, -0.1) is 0 Å². The number of pyridine rings is 1. The van der Waals surface area contributed by atoms with Gasteiger partial charge >= 0.3 is 0 Å². The lowest BCUT2D eigenvalue weighted by Gasteiger charge is -2.63. The first-order chi connectivity index (χ1) is 29.3. The Morgan fingerprint density at radius 3 is 2.30 bits per heavy atom. The lowest BCUT2D eigenvalue weighted by molar-refractivity contribution is -0.163. The second-order valence-electron chi connectivity index (χ2n) is 18.7. The Labute approximate surface area is 357 Å². The van der Waals surface area contributed by atoms with Gasteiger partial charge in [-0.25, -0.2) is 0 Å². The molecule has 316 valence electrons. The van der Waals surface area contributed by atoms with Crippen molar-refractivity contribution in [2.75, 3.05) is 55.6 Å². The number of carbonyl (C=O) groups excluding carboxylic acids is 4. The average Bonchev–Trinajstić information content (AvgIpc) is 3.59. The van der Waals surface area contributed by atoms with Crippen LogP contribution in [-0.4, -0.2) is 102 Å². The molecular weight excluding hydrogens is 769 g/mol. The second-order valence-corrected chi connectivity index (χ2v) is 18.7. The van der Waals surface area contributed by atoms with Crippen LogP contribution in [-0.2, 0) is 16.1 Å². The predicted molar refractivity (Wildman–Crippen MR) is 232 cm³/mol. The number of benzene rings is 3. The summed E-state index contributed by atoms with van der Waals surface area (Å²) in [7, 11) is 0. The summed E-state index contributed by atoms with van der Waals surface area (Å²) < 4.78 is 6.67. The zero-order valence-electron chi connectivity index (χ0n) is 35.4. The summed E-state index contributed by atoms with van der Waals surface area (Å²) >= 11 is 0. The van der Waals surface area contributed by atoms with Crippen molar-refractivity contribution in [3.8, 4) is 11.8 Å². The summed E-state index contributed by atoms with van der Waals surface area (Å²) in [6.45, 7) is 15.8. The summed E-state index contributed by atoms with van der Waals surface area (Å²) in [5.41, 5.74) is 4.91. The largest absolute Gasteiger partial charge is 0.488 e. The number of amides is 4. The van der Waals surface area contributed by atoms with Gasteiger partial charge in [0.2, 0.25) is 11.8 Å². The van der Waals surface area contributed by atoms with Gasteiger partial charge in [0.1, 0.15) is 24.0 Å². The molecule has 4 aromatic rings. The Morgan fingerprint density at radius 2 is 1.59 bits per heavy atom. The minimum Gasteiger partial charge on any atom is -0.488 e. The third-order valence-corrected chi connectivity index (χ3v) is 14.1. The molecule has 3 saturated heterocycles. The first kappa shape index (κ1) is 40.4. The SMILES string of the molecule is CC1(C)[C@H](NC(=O)c2ccc(N3CCC(CN4CCN(c5ccc6c(c5)CN([C@H]5CCC(=O)NC5=O)C6=O)CC4)CC3)cc2)C(C)(C)[C@H]1Oc1ccc(C#N)c2ncccc12. The molecule has 2 N–H and O–H groups in total. The Hall–Kier alpha value is -6.00. The van der Waals surface area contributed by atoms with E-state index in [0.717, 1.165) is 81.0 Å². The fourth-order valence-electron chi connectivity index (χ4n) is 11.0. The maximum Gasteiger partial charge on any atom is 0.255 e. The highest BCUT2D eigenvalue weighted by atomic mass is 16.5. The summed E-state index contributed by atoms with van der Waals surface area (Å²) in [5, 5.41) is 16.1. The molecule has 4 aliphatic heterocycles. The Kier molecular flexibility index (Phi) is 10.5. The molecule has 4 fully saturated rings. The molecule has 13 heteroatoms. The van der Waals surface area contributed by atoms with E-state index in [4.69, 9.17) is 4.74 Å². The number of carbonyl (C=O) groups is 4. The average molecular weight is 823 g/mol. The van der Waals surface area contributed by atoms with E-state index in [0.29, 0.717) is 46.8 Å². The van der Waals surface area contributed by atoms with Gasteiger partial charge in [0, 0.05) is 110 Å². The van der Waals surface area contributed by atoms with Crippen molar-refractivity contribution in [2.24, 2.45) is 16.7 Å². The number of imide groups is 1. The minimum absolute atomic E-state index is 0.0920. The van der Waals surface area contributed by atoms with Crippen molar-refractivity contribution in [2.45, 2.75) is 78.1 Å². The second kappa shape index (κ2) is 15.8. The molecule has 0 spiro atoms. The number of ether oxygens (including phenoxy) is 1. The van der Waals surface area contributed by atoms with Crippen molar-refractivity contribution in [3.63, 3.8) is 0 Å². The molecule has 4 amide bonds. The van der Waals surface area contributed by atoms with Gasteiger partial charge < -0.3 is 24.8 Å². The number of nitrogens with zero attached hydrogens (tertiary/aromatic N) is 6. The van der Waals surface area contributed by atoms with Gasteiger partial charge in [-0.1, -0.05) is 27.7 Å². The molecule has 0 bridgehead atoms. The fourth-order valence-corrected chi connectivity index (χ4v) is 11.0. The number of nitriles is 1. The van der Waals surface area contributed by atoms with Gasteiger partial charge in [0.05, 0.1) is 11.1 Å². The number of nitrogens with one attached hydrogen (secondary N) is 2. The van der Waals surface area contributed by atoms with Gasteiger partial charge in [-0.05, 0) is 97.5 Å². The zero-order valence-corrected chi connectivity index (χ0v) is 35.4. The molecule has 5 aliphatic rings. The minimum atomic E-state index is -0.603. The standard InChI is InChI=1S/C48H54N8O5/c1-47(2)45(48(3,4)46(47)61-39-15-9-32(27-49)41-37(39)6-5-19-50-41)52-42(58)31-7-10-34(11-8-31)54-20-17-30(18-21-54)28-53-22-24-55(25-23-53)35-12-13-36-33(26-35)29-56(44(36)60)38-14-16-40(57)51-43(38)59/h5-13,15,19,26,30,38,45-46H,14,16-18,20-25,28-29H2,1-4H3,(H,52,58)(H,51,57,59)/t38-,45-,46-/m0/s1. The molecule has 5 heterocycles. The number of piperidine rings is 2. The third kappa shape index (κ3) is 7.45. The van der Waals surface area contributed by atoms with E-state index in [-0.39, 0.29) is 53.0 Å². The van der Waals surface area contributed by atoms with Crippen molar-refractivity contribution >= 4 is 45.9 Å². The lowest BCUT2D eigenvalue weighted by Crippen LogP contribution is -2.74. The monoisotopic (exact) mass is 822 g/mol. The quantitative estimate of drug-likeness (QED) is 0.207. The van der Waals surface area contributed by atoms with Crippen LogP contribution < -0.4 is 25.2 Å². The number of piperazine rings is 1. The summed E-state index contributed by atoms with van der Waals surface area (Å²) in [4.78, 5) is 64.4. The topological polar surface area (TPSA) is 151 Å². The molecule has 1 aromatic heterocycles. The molecule has 1 aliphatic carbocycles. The van der Waals surface area contributed by atoms with Crippen LogP contribution in [0.25, 0.3) is 10.9 Å². The van der Waals surface area contributed by atoms with Crippen molar-refractivity contribution in [1.82, 2.24) is 25.4 Å². The lowest BCUT2D eigenvalue weighted by atomic mass is 9.49. The molecule has 0 radical (unpaired) electrons. The molecule has 1 atom stereocenters. The van der Waals surface area contributed by atoms with E-state index in [2.05, 4.69) is 82.3 Å². The molecular formula is C48H54N8O5. The maximum atomic E-state index is 13.6. The number of hydrogen-bond acceptors (Lipinski definition) is 10. The van der Waals surface area contributed by atoms with Crippen LogP contribution in [0.1, 0.15) is 85.2 Å².